The first-order valence-corrected chi connectivity index (χ1v) is 8.67. The van der Waals surface area contributed by atoms with E-state index in [4.69, 9.17) is 57.9 Å². The van der Waals surface area contributed by atoms with Gasteiger partial charge in [0, 0.05) is 11.8 Å². The fourth-order valence-electron chi connectivity index (χ4n) is 2.41. The Balaban J connectivity index is 2.34. The Hall–Kier alpha value is -1.13. The van der Waals surface area contributed by atoms with Crippen LogP contribution in [-0.4, -0.2) is 5.78 Å². The van der Waals surface area contributed by atoms with Gasteiger partial charge in [-0.1, -0.05) is 60.3 Å². The van der Waals surface area contributed by atoms with Crippen LogP contribution in [0.25, 0.3) is 0 Å². The molecule has 0 spiro atoms. The van der Waals surface area contributed by atoms with Crippen molar-refractivity contribution >= 4 is 63.6 Å². The number of Topliss-reactive ketones (excluding diaryl/α,β-unsaturated/α-hetero) is 1. The molecule has 128 valence electrons. The second-order valence-electron chi connectivity index (χ2n) is 5.64. The number of carbonyl (C=O) groups is 1. The second kappa shape index (κ2) is 7.40. The Bertz CT molecular complexity index is 696. The molecule has 0 saturated heterocycles. The van der Waals surface area contributed by atoms with E-state index in [-0.39, 0.29) is 5.78 Å². The Labute approximate surface area is 160 Å². The highest BCUT2D eigenvalue weighted by atomic mass is 35.5. The van der Waals surface area contributed by atoms with E-state index < -0.39 is 11.8 Å². The number of nitrogens with two attached hydrogens (primary N) is 2. The second-order valence-corrected chi connectivity index (χ2v) is 7.27. The molecule has 2 atom stereocenters. The van der Waals surface area contributed by atoms with Crippen LogP contribution in [0.1, 0.15) is 36.8 Å². The van der Waals surface area contributed by atoms with E-state index in [9.17, 15) is 4.79 Å². The summed E-state index contributed by atoms with van der Waals surface area (Å²) >= 11 is 24.2. The highest BCUT2D eigenvalue weighted by Gasteiger charge is 2.25. The number of rotatable bonds is 4. The van der Waals surface area contributed by atoms with Crippen molar-refractivity contribution in [3.05, 3.63) is 55.5 Å². The van der Waals surface area contributed by atoms with Crippen LogP contribution in [-0.2, 0) is 4.79 Å². The molecular formula is C17H16Cl4N2O. The molecular weight excluding hydrogens is 390 g/mol. The molecule has 0 aliphatic carbocycles. The molecule has 0 fully saturated rings. The lowest BCUT2D eigenvalue weighted by Gasteiger charge is -2.19. The molecule has 0 radical (unpaired) electrons. The molecule has 7 heteroatoms. The maximum absolute atomic E-state index is 12.8. The topological polar surface area (TPSA) is 69.1 Å². The molecule has 2 aromatic rings. The third-order valence-electron chi connectivity index (χ3n) is 4.06. The highest BCUT2D eigenvalue weighted by Crippen LogP contribution is 2.36. The smallest absolute Gasteiger partial charge is 0.147 e. The Kier molecular flexibility index (Phi) is 5.92. The number of carbonyl (C=O) groups excluding carboxylic acids is 1. The van der Waals surface area contributed by atoms with E-state index in [2.05, 4.69) is 0 Å². The van der Waals surface area contributed by atoms with Crippen molar-refractivity contribution in [2.75, 3.05) is 11.5 Å². The van der Waals surface area contributed by atoms with Crippen LogP contribution in [0.3, 0.4) is 0 Å². The molecule has 0 saturated carbocycles. The zero-order valence-corrected chi connectivity index (χ0v) is 16.1. The van der Waals surface area contributed by atoms with Gasteiger partial charge in [0.25, 0.3) is 0 Å². The first-order valence-electron chi connectivity index (χ1n) is 7.16. The summed E-state index contributed by atoms with van der Waals surface area (Å²) in [5, 5.41) is 1.29. The third-order valence-corrected chi connectivity index (χ3v) is 5.31. The number of benzene rings is 2. The summed E-state index contributed by atoms with van der Waals surface area (Å²) in [5.41, 5.74) is 13.5. The van der Waals surface area contributed by atoms with E-state index in [1.807, 2.05) is 0 Å². The maximum atomic E-state index is 12.8. The summed E-state index contributed by atoms with van der Waals surface area (Å²) in [7, 11) is 0. The SMILES string of the molecule is CC(C(=O)C(C)c1cc(Cl)c(N)c(Cl)c1)c1cc(Cl)c(N)c(Cl)c1. The van der Waals surface area contributed by atoms with Gasteiger partial charge in [-0.3, -0.25) is 4.79 Å². The molecule has 4 N–H and O–H groups in total. The Morgan fingerprint density at radius 2 is 1.00 bits per heavy atom. The number of nitrogen functional groups attached to an aromatic ring is 2. The molecule has 0 heterocycles. The average Bonchev–Trinajstić information content (AvgIpc) is 2.54. The zero-order valence-electron chi connectivity index (χ0n) is 13.0. The van der Waals surface area contributed by atoms with Gasteiger partial charge < -0.3 is 11.5 Å². The standard InChI is InChI=1S/C17H16Cl4N2O/c1-7(9-3-11(18)15(22)12(19)4-9)17(24)8(2)10-5-13(20)16(23)14(21)6-10/h3-8H,22-23H2,1-2H3. The van der Waals surface area contributed by atoms with E-state index in [0.717, 1.165) is 0 Å². The number of anilines is 2. The molecule has 2 aromatic carbocycles. The number of hydrogen-bond acceptors (Lipinski definition) is 3. The van der Waals surface area contributed by atoms with Gasteiger partial charge in [0.2, 0.25) is 0 Å². The average molecular weight is 406 g/mol. The van der Waals surface area contributed by atoms with Crippen LogP contribution in [0.15, 0.2) is 24.3 Å². The fraction of sp³-hybridized carbons (Fsp3) is 0.235. The largest absolute Gasteiger partial charge is 0.396 e. The zero-order chi connectivity index (χ0) is 18.2. The number of ketones is 1. The number of halogens is 4. The van der Waals surface area contributed by atoms with Crippen molar-refractivity contribution in [2.45, 2.75) is 25.7 Å². The monoisotopic (exact) mass is 404 g/mol. The summed E-state index contributed by atoms with van der Waals surface area (Å²) < 4.78 is 0. The fourth-order valence-corrected chi connectivity index (χ4v) is 3.42. The van der Waals surface area contributed by atoms with Crippen molar-refractivity contribution in [1.82, 2.24) is 0 Å². The summed E-state index contributed by atoms with van der Waals surface area (Å²) in [6.45, 7) is 3.58. The molecule has 24 heavy (non-hydrogen) atoms. The molecule has 0 bridgehead atoms. The van der Waals surface area contributed by atoms with Crippen LogP contribution in [0.4, 0.5) is 11.4 Å². The van der Waals surface area contributed by atoms with Gasteiger partial charge in [0.05, 0.1) is 31.5 Å². The molecule has 3 nitrogen and oxygen atoms in total. The molecule has 0 amide bonds. The van der Waals surface area contributed by atoms with Crippen molar-refractivity contribution in [2.24, 2.45) is 0 Å². The lowest BCUT2D eigenvalue weighted by Crippen LogP contribution is -2.17. The predicted molar refractivity (Wildman–Crippen MR) is 104 cm³/mol. The molecule has 0 aromatic heterocycles. The van der Waals surface area contributed by atoms with Gasteiger partial charge in [-0.25, -0.2) is 0 Å². The normalized spacial score (nSPS) is 13.6. The van der Waals surface area contributed by atoms with Crippen molar-refractivity contribution in [3.63, 3.8) is 0 Å². The Morgan fingerprint density at radius 3 is 1.25 bits per heavy atom. The molecule has 0 aliphatic heterocycles. The highest BCUT2D eigenvalue weighted by molar-refractivity contribution is 6.39. The predicted octanol–water partition coefficient (Wildman–Crippen LogP) is 5.94. The van der Waals surface area contributed by atoms with Crippen molar-refractivity contribution in [3.8, 4) is 0 Å². The summed E-state index contributed by atoms with van der Waals surface area (Å²) in [6.07, 6.45) is 0. The van der Waals surface area contributed by atoms with Crippen LogP contribution >= 0.6 is 46.4 Å². The van der Waals surface area contributed by atoms with Crippen LogP contribution in [0.2, 0.25) is 20.1 Å². The minimum absolute atomic E-state index is 0.0243. The summed E-state index contributed by atoms with van der Waals surface area (Å²) in [5.74, 6) is -0.875. The maximum Gasteiger partial charge on any atom is 0.147 e. The lowest BCUT2D eigenvalue weighted by atomic mass is 9.85. The van der Waals surface area contributed by atoms with E-state index in [1.165, 1.54) is 0 Å². The first kappa shape index (κ1) is 19.2. The van der Waals surface area contributed by atoms with Crippen LogP contribution in [0.5, 0.6) is 0 Å². The van der Waals surface area contributed by atoms with Gasteiger partial charge in [-0.15, -0.1) is 0 Å². The van der Waals surface area contributed by atoms with Gasteiger partial charge in [-0.05, 0) is 35.4 Å². The lowest BCUT2D eigenvalue weighted by molar-refractivity contribution is -0.121. The van der Waals surface area contributed by atoms with Crippen molar-refractivity contribution < 1.29 is 4.79 Å². The van der Waals surface area contributed by atoms with Gasteiger partial charge >= 0.3 is 0 Å². The third kappa shape index (κ3) is 3.75. The Morgan fingerprint density at radius 1 is 0.750 bits per heavy atom. The van der Waals surface area contributed by atoms with Crippen molar-refractivity contribution in [1.29, 1.82) is 0 Å². The van der Waals surface area contributed by atoms with Gasteiger partial charge in [0.15, 0.2) is 0 Å². The molecule has 2 unspecified atom stereocenters. The van der Waals surface area contributed by atoms with Crippen LogP contribution < -0.4 is 11.5 Å². The van der Waals surface area contributed by atoms with E-state index in [0.29, 0.717) is 42.6 Å². The molecule has 0 aliphatic rings. The quantitative estimate of drug-likeness (QED) is 0.618. The molecule has 2 rings (SSSR count). The van der Waals surface area contributed by atoms with Gasteiger partial charge in [0.1, 0.15) is 5.78 Å². The minimum Gasteiger partial charge on any atom is -0.396 e. The van der Waals surface area contributed by atoms with E-state index in [1.54, 1.807) is 38.1 Å². The van der Waals surface area contributed by atoms with Gasteiger partial charge in [-0.2, -0.15) is 0 Å². The first-order chi connectivity index (χ1) is 11.1. The van der Waals surface area contributed by atoms with Crippen LogP contribution in [0, 0.1) is 0 Å². The van der Waals surface area contributed by atoms with E-state index >= 15 is 0 Å². The summed E-state index contributed by atoms with van der Waals surface area (Å²) in [4.78, 5) is 12.8. The minimum atomic E-state index is -0.425. The summed E-state index contributed by atoms with van der Waals surface area (Å²) in [6, 6.07) is 6.62. The number of hydrogen-bond donors (Lipinski definition) is 2.